The van der Waals surface area contributed by atoms with Crippen molar-refractivity contribution in [1.29, 1.82) is 0 Å². The van der Waals surface area contributed by atoms with E-state index in [1.54, 1.807) is 0 Å². The summed E-state index contributed by atoms with van der Waals surface area (Å²) in [4.78, 5) is 0. The van der Waals surface area contributed by atoms with Crippen molar-refractivity contribution in [3.05, 3.63) is 12.7 Å². The van der Waals surface area contributed by atoms with Crippen LogP contribution in [0, 0.1) is 11.3 Å². The molecule has 0 radical (unpaired) electrons. The first-order valence-electron chi connectivity index (χ1n) is 6.12. The van der Waals surface area contributed by atoms with Gasteiger partial charge >= 0.3 is 0 Å². The molecule has 0 N–H and O–H groups in total. The van der Waals surface area contributed by atoms with E-state index in [1.165, 1.54) is 12.8 Å². The molecule has 0 fully saturated rings. The first kappa shape index (κ1) is 14.7. The molecule has 0 aromatic rings. The summed E-state index contributed by atoms with van der Waals surface area (Å²) in [6.07, 6.45) is 6.02. The molecule has 15 heavy (non-hydrogen) atoms. The van der Waals surface area contributed by atoms with Crippen LogP contribution >= 0.6 is 0 Å². The predicted octanol–water partition coefficient (Wildman–Crippen LogP) is 4.43. The first-order chi connectivity index (χ1) is 6.87. The maximum Gasteiger partial charge on any atom is 0.0547 e. The zero-order valence-electron chi connectivity index (χ0n) is 11.2. The second-order valence-corrected chi connectivity index (χ2v) is 5.62. The van der Waals surface area contributed by atoms with Crippen LogP contribution in [0.2, 0.25) is 0 Å². The Kier molecular flexibility index (Phi) is 6.91. The zero-order valence-corrected chi connectivity index (χ0v) is 11.2. The van der Waals surface area contributed by atoms with E-state index >= 15 is 0 Å². The molecule has 0 amide bonds. The highest BCUT2D eigenvalue weighted by atomic mass is 16.5. The molecule has 0 aromatic carbocycles. The van der Waals surface area contributed by atoms with Crippen LogP contribution < -0.4 is 0 Å². The van der Waals surface area contributed by atoms with Crippen molar-refractivity contribution in [3.63, 3.8) is 0 Å². The SMILES string of the molecule is C=CC(C)(C)CCCC(C)OCC(C)C. The standard InChI is InChI=1S/C14H28O/c1-7-14(5,6)10-8-9-13(4)15-11-12(2)3/h7,12-13H,1,8-11H2,2-6H3. The highest BCUT2D eigenvalue weighted by Crippen LogP contribution is 2.24. The van der Waals surface area contributed by atoms with E-state index in [1.807, 2.05) is 6.08 Å². The van der Waals surface area contributed by atoms with Crippen molar-refractivity contribution in [1.82, 2.24) is 0 Å². The number of hydrogen-bond donors (Lipinski definition) is 0. The quantitative estimate of drug-likeness (QED) is 0.541. The predicted molar refractivity (Wildman–Crippen MR) is 68.1 cm³/mol. The summed E-state index contributed by atoms with van der Waals surface area (Å²) < 4.78 is 5.73. The molecule has 0 rings (SSSR count). The molecule has 0 aliphatic heterocycles. The minimum absolute atomic E-state index is 0.276. The molecule has 1 heteroatoms. The Morgan fingerprint density at radius 3 is 2.33 bits per heavy atom. The minimum Gasteiger partial charge on any atom is -0.378 e. The van der Waals surface area contributed by atoms with Crippen LogP contribution in [0.4, 0.5) is 0 Å². The second-order valence-electron chi connectivity index (χ2n) is 5.62. The van der Waals surface area contributed by atoms with Gasteiger partial charge in [0.1, 0.15) is 0 Å². The van der Waals surface area contributed by atoms with Crippen LogP contribution in [0.1, 0.15) is 53.9 Å². The van der Waals surface area contributed by atoms with Gasteiger partial charge in [-0.25, -0.2) is 0 Å². The fourth-order valence-corrected chi connectivity index (χ4v) is 1.39. The Bertz CT molecular complexity index is 170. The molecule has 0 aromatic heterocycles. The largest absolute Gasteiger partial charge is 0.378 e. The van der Waals surface area contributed by atoms with Crippen LogP contribution in [-0.2, 0) is 4.74 Å². The van der Waals surface area contributed by atoms with E-state index in [-0.39, 0.29) is 5.41 Å². The fraction of sp³-hybridized carbons (Fsp3) is 0.857. The van der Waals surface area contributed by atoms with Gasteiger partial charge in [0.25, 0.3) is 0 Å². The lowest BCUT2D eigenvalue weighted by Gasteiger charge is -2.21. The third kappa shape index (κ3) is 8.68. The molecule has 0 spiro atoms. The summed E-state index contributed by atoms with van der Waals surface area (Å²) in [5, 5.41) is 0. The molecule has 0 saturated carbocycles. The fourth-order valence-electron chi connectivity index (χ4n) is 1.39. The van der Waals surface area contributed by atoms with Gasteiger partial charge in [-0.2, -0.15) is 0 Å². The number of rotatable bonds is 8. The summed E-state index contributed by atoms with van der Waals surface area (Å²) in [6.45, 7) is 15.8. The van der Waals surface area contributed by atoms with Gasteiger partial charge in [-0.1, -0.05) is 40.2 Å². The zero-order chi connectivity index (χ0) is 11.9. The maximum atomic E-state index is 5.73. The lowest BCUT2D eigenvalue weighted by Crippen LogP contribution is -2.14. The second kappa shape index (κ2) is 7.05. The van der Waals surface area contributed by atoms with Gasteiger partial charge in [0.2, 0.25) is 0 Å². The molecule has 1 atom stereocenters. The molecule has 0 heterocycles. The molecule has 0 aliphatic carbocycles. The average molecular weight is 212 g/mol. The summed E-state index contributed by atoms with van der Waals surface area (Å²) in [5.41, 5.74) is 0.276. The van der Waals surface area contributed by atoms with Gasteiger partial charge in [0, 0.05) is 6.61 Å². The van der Waals surface area contributed by atoms with E-state index in [4.69, 9.17) is 4.74 Å². The van der Waals surface area contributed by atoms with E-state index in [0.29, 0.717) is 12.0 Å². The molecular formula is C14H28O. The Hall–Kier alpha value is -0.300. The summed E-state index contributed by atoms with van der Waals surface area (Å²) in [6, 6.07) is 0. The Labute approximate surface area is 95.9 Å². The van der Waals surface area contributed by atoms with Crippen molar-refractivity contribution >= 4 is 0 Å². The van der Waals surface area contributed by atoms with Crippen molar-refractivity contribution in [2.75, 3.05) is 6.61 Å². The summed E-state index contributed by atoms with van der Waals surface area (Å²) in [7, 11) is 0. The maximum absolute atomic E-state index is 5.73. The van der Waals surface area contributed by atoms with Crippen molar-refractivity contribution < 1.29 is 4.74 Å². The minimum atomic E-state index is 0.276. The third-order valence-corrected chi connectivity index (χ3v) is 2.70. The number of allylic oxidation sites excluding steroid dienone is 1. The Morgan fingerprint density at radius 1 is 1.27 bits per heavy atom. The third-order valence-electron chi connectivity index (χ3n) is 2.70. The van der Waals surface area contributed by atoms with Crippen molar-refractivity contribution in [3.8, 4) is 0 Å². The van der Waals surface area contributed by atoms with Crippen molar-refractivity contribution in [2.45, 2.75) is 60.0 Å². The number of ether oxygens (including phenoxy) is 1. The lowest BCUT2D eigenvalue weighted by atomic mass is 9.87. The number of hydrogen-bond acceptors (Lipinski definition) is 1. The van der Waals surface area contributed by atoms with Crippen molar-refractivity contribution in [2.24, 2.45) is 11.3 Å². The van der Waals surface area contributed by atoms with E-state index in [2.05, 4.69) is 41.2 Å². The molecule has 0 saturated heterocycles. The Morgan fingerprint density at radius 2 is 1.87 bits per heavy atom. The van der Waals surface area contributed by atoms with E-state index in [0.717, 1.165) is 13.0 Å². The Balaban J connectivity index is 3.54. The first-order valence-corrected chi connectivity index (χ1v) is 6.12. The molecule has 90 valence electrons. The monoisotopic (exact) mass is 212 g/mol. The molecular weight excluding hydrogens is 184 g/mol. The van der Waals surface area contributed by atoms with Gasteiger partial charge in [0.15, 0.2) is 0 Å². The van der Waals surface area contributed by atoms with Crippen LogP contribution in [0.3, 0.4) is 0 Å². The van der Waals surface area contributed by atoms with Crippen LogP contribution in [0.25, 0.3) is 0 Å². The average Bonchev–Trinajstić information content (AvgIpc) is 2.14. The normalized spacial score (nSPS) is 14.3. The van der Waals surface area contributed by atoms with Crippen LogP contribution in [-0.4, -0.2) is 12.7 Å². The van der Waals surface area contributed by atoms with Gasteiger partial charge < -0.3 is 4.74 Å². The van der Waals surface area contributed by atoms with E-state index < -0.39 is 0 Å². The molecule has 1 nitrogen and oxygen atoms in total. The smallest absolute Gasteiger partial charge is 0.0547 e. The van der Waals surface area contributed by atoms with Gasteiger partial charge in [0.05, 0.1) is 6.10 Å². The van der Waals surface area contributed by atoms with Gasteiger partial charge in [-0.3, -0.25) is 0 Å². The van der Waals surface area contributed by atoms with Gasteiger partial charge in [-0.15, -0.1) is 6.58 Å². The van der Waals surface area contributed by atoms with Crippen LogP contribution in [0.15, 0.2) is 12.7 Å². The summed E-state index contributed by atoms with van der Waals surface area (Å²) >= 11 is 0. The van der Waals surface area contributed by atoms with Crippen LogP contribution in [0.5, 0.6) is 0 Å². The topological polar surface area (TPSA) is 9.23 Å². The van der Waals surface area contributed by atoms with Gasteiger partial charge in [-0.05, 0) is 31.1 Å². The molecule has 0 aliphatic rings. The summed E-state index contributed by atoms with van der Waals surface area (Å²) in [5.74, 6) is 0.636. The van der Waals surface area contributed by atoms with E-state index in [9.17, 15) is 0 Å². The highest BCUT2D eigenvalue weighted by Gasteiger charge is 2.13. The highest BCUT2D eigenvalue weighted by molar-refractivity contribution is 4.87. The molecule has 0 bridgehead atoms. The molecule has 1 unspecified atom stereocenters. The lowest BCUT2D eigenvalue weighted by molar-refractivity contribution is 0.0399.